The number of pyridine rings is 1. The van der Waals surface area contributed by atoms with Crippen molar-refractivity contribution in [2.45, 2.75) is 101 Å². The van der Waals surface area contributed by atoms with Gasteiger partial charge in [0.2, 0.25) is 0 Å². The van der Waals surface area contributed by atoms with Crippen molar-refractivity contribution in [3.63, 3.8) is 0 Å². The zero-order chi connectivity index (χ0) is 25.3. The fourth-order valence-corrected chi connectivity index (χ4v) is 6.84. The molecule has 2 saturated carbocycles. The van der Waals surface area contributed by atoms with Crippen LogP contribution >= 0.6 is 11.8 Å². The first-order valence-electron chi connectivity index (χ1n) is 14.7. The van der Waals surface area contributed by atoms with Gasteiger partial charge in [-0.15, -0.1) is 11.8 Å². The van der Waals surface area contributed by atoms with Crippen LogP contribution in [0.5, 0.6) is 0 Å². The van der Waals surface area contributed by atoms with Crippen LogP contribution in [0.4, 0.5) is 0 Å². The molecular formula is C31H45N5S. The van der Waals surface area contributed by atoms with Gasteiger partial charge in [-0.2, -0.15) is 0 Å². The molecule has 0 amide bonds. The molecule has 1 aromatic heterocycles. The summed E-state index contributed by atoms with van der Waals surface area (Å²) in [7, 11) is 0. The van der Waals surface area contributed by atoms with Crippen LogP contribution in [0.2, 0.25) is 0 Å². The van der Waals surface area contributed by atoms with Gasteiger partial charge in [0.1, 0.15) is 5.03 Å². The highest BCUT2D eigenvalue weighted by Gasteiger charge is 2.25. The quantitative estimate of drug-likeness (QED) is 0.260. The Bertz CT molecular complexity index is 987. The number of aromatic nitrogens is 1. The minimum atomic E-state index is 0.515. The number of aliphatic imine (C=N–C) groups is 1. The van der Waals surface area contributed by atoms with E-state index in [0.29, 0.717) is 12.1 Å². The summed E-state index contributed by atoms with van der Waals surface area (Å²) in [5.41, 5.74) is 4.02. The van der Waals surface area contributed by atoms with Crippen molar-refractivity contribution < 1.29 is 0 Å². The van der Waals surface area contributed by atoms with E-state index in [-0.39, 0.29) is 0 Å². The fraction of sp³-hybridized carbons (Fsp3) is 0.613. The van der Waals surface area contributed by atoms with Crippen LogP contribution in [-0.2, 0) is 12.3 Å². The van der Waals surface area contributed by atoms with E-state index in [1.807, 2.05) is 18.0 Å². The highest BCUT2D eigenvalue weighted by atomic mass is 32.2. The summed E-state index contributed by atoms with van der Waals surface area (Å²) < 4.78 is 0. The van der Waals surface area contributed by atoms with Gasteiger partial charge in [0, 0.05) is 50.7 Å². The Hall–Kier alpha value is -2.05. The third kappa shape index (κ3) is 7.97. The Labute approximate surface area is 228 Å². The van der Waals surface area contributed by atoms with Crippen LogP contribution in [0.25, 0.3) is 0 Å². The second-order valence-electron chi connectivity index (χ2n) is 11.2. The number of nitrogens with zero attached hydrogens (tertiary/aromatic N) is 4. The molecule has 0 atom stereocenters. The molecule has 2 heterocycles. The number of benzene rings is 1. The molecule has 1 aromatic carbocycles. The maximum absolute atomic E-state index is 5.33. The van der Waals surface area contributed by atoms with E-state index in [9.17, 15) is 0 Å². The molecule has 2 aromatic rings. The van der Waals surface area contributed by atoms with Crippen LogP contribution in [0.15, 0.2) is 52.6 Å². The third-order valence-corrected chi connectivity index (χ3v) is 9.35. The molecule has 5 nitrogen and oxygen atoms in total. The minimum absolute atomic E-state index is 0.515. The van der Waals surface area contributed by atoms with Gasteiger partial charge in [0.15, 0.2) is 5.96 Å². The Kier molecular flexibility index (Phi) is 9.80. The van der Waals surface area contributed by atoms with Gasteiger partial charge >= 0.3 is 0 Å². The SMILES string of the molecule is Cc1ccc(CSc2ncccc2CN2CCN(C(=NC3CCCCC3)NC3CCCCC3)CC2)cc1. The number of hydrogen-bond donors (Lipinski definition) is 1. The van der Waals surface area contributed by atoms with Crippen LogP contribution < -0.4 is 5.32 Å². The molecule has 1 aliphatic heterocycles. The van der Waals surface area contributed by atoms with Crippen LogP contribution in [0.1, 0.15) is 80.9 Å². The summed E-state index contributed by atoms with van der Waals surface area (Å²) in [6.07, 6.45) is 15.2. The molecule has 0 unspecified atom stereocenters. The average Bonchev–Trinajstić information content (AvgIpc) is 2.95. The summed E-state index contributed by atoms with van der Waals surface area (Å²) in [5, 5.41) is 5.10. The molecule has 0 bridgehead atoms. The summed E-state index contributed by atoms with van der Waals surface area (Å²) in [5.74, 6) is 2.17. The number of thioether (sulfide) groups is 1. The van der Waals surface area contributed by atoms with Gasteiger partial charge in [-0.25, -0.2) is 9.98 Å². The van der Waals surface area contributed by atoms with Gasteiger partial charge in [-0.05, 0) is 49.8 Å². The van der Waals surface area contributed by atoms with Crippen molar-refractivity contribution in [3.8, 4) is 0 Å². The molecule has 37 heavy (non-hydrogen) atoms. The Morgan fingerprint density at radius 3 is 2.35 bits per heavy atom. The van der Waals surface area contributed by atoms with Gasteiger partial charge in [0.05, 0.1) is 6.04 Å². The first-order chi connectivity index (χ1) is 18.2. The van der Waals surface area contributed by atoms with Gasteiger partial charge < -0.3 is 10.2 Å². The van der Waals surface area contributed by atoms with Crippen molar-refractivity contribution in [2.24, 2.45) is 4.99 Å². The van der Waals surface area contributed by atoms with E-state index in [1.165, 1.54) is 91.9 Å². The van der Waals surface area contributed by atoms with Crippen LogP contribution in [0.3, 0.4) is 0 Å². The monoisotopic (exact) mass is 519 g/mol. The van der Waals surface area contributed by atoms with E-state index in [2.05, 4.69) is 58.4 Å². The van der Waals surface area contributed by atoms with E-state index >= 15 is 0 Å². The molecule has 200 valence electrons. The molecule has 3 aliphatic rings. The van der Waals surface area contributed by atoms with Gasteiger partial charge in [0.25, 0.3) is 0 Å². The Balaban J connectivity index is 1.18. The number of piperazine rings is 1. The molecule has 0 radical (unpaired) electrons. The molecular weight excluding hydrogens is 474 g/mol. The summed E-state index contributed by atoms with van der Waals surface area (Å²) in [6.45, 7) is 7.38. The topological polar surface area (TPSA) is 43.8 Å². The van der Waals surface area contributed by atoms with Crippen molar-refractivity contribution in [1.29, 1.82) is 0 Å². The molecule has 1 saturated heterocycles. The Morgan fingerprint density at radius 1 is 0.919 bits per heavy atom. The lowest BCUT2D eigenvalue weighted by molar-refractivity contribution is 0.169. The number of hydrogen-bond acceptors (Lipinski definition) is 4. The summed E-state index contributed by atoms with van der Waals surface area (Å²) >= 11 is 1.86. The standard InChI is InChI=1S/C31H45N5S/c1-25-14-16-26(17-15-25)24-37-30-27(9-8-18-32-30)23-35-19-21-36(22-20-35)31(33-28-10-4-2-5-11-28)34-29-12-6-3-7-13-29/h8-9,14-18,28-29H,2-7,10-13,19-24H2,1H3,(H,33,34). The predicted molar refractivity (Wildman–Crippen MR) is 156 cm³/mol. The number of guanidine groups is 1. The van der Waals surface area contributed by atoms with Crippen molar-refractivity contribution in [3.05, 3.63) is 59.3 Å². The second kappa shape index (κ2) is 13.7. The molecule has 6 heteroatoms. The maximum atomic E-state index is 5.33. The summed E-state index contributed by atoms with van der Waals surface area (Å²) in [4.78, 5) is 15.2. The van der Waals surface area contributed by atoms with Crippen LogP contribution in [0, 0.1) is 6.92 Å². The minimum Gasteiger partial charge on any atom is -0.353 e. The second-order valence-corrected chi connectivity index (χ2v) is 12.2. The lowest BCUT2D eigenvalue weighted by Crippen LogP contribution is -2.54. The molecule has 2 aliphatic carbocycles. The van der Waals surface area contributed by atoms with Crippen LogP contribution in [-0.4, -0.2) is 59.0 Å². The van der Waals surface area contributed by atoms with Crippen molar-refractivity contribution >= 4 is 17.7 Å². The lowest BCUT2D eigenvalue weighted by atomic mass is 9.95. The van der Waals surface area contributed by atoms with Gasteiger partial charge in [-0.1, -0.05) is 74.4 Å². The highest BCUT2D eigenvalue weighted by molar-refractivity contribution is 7.98. The smallest absolute Gasteiger partial charge is 0.194 e. The summed E-state index contributed by atoms with van der Waals surface area (Å²) in [6, 6.07) is 14.3. The number of nitrogens with one attached hydrogen (secondary N) is 1. The van der Waals surface area contributed by atoms with Crippen molar-refractivity contribution in [2.75, 3.05) is 26.2 Å². The van der Waals surface area contributed by atoms with E-state index in [1.54, 1.807) is 0 Å². The molecule has 0 spiro atoms. The third-order valence-electron chi connectivity index (χ3n) is 8.23. The normalized spacial score (nSPS) is 20.8. The highest BCUT2D eigenvalue weighted by Crippen LogP contribution is 2.26. The van der Waals surface area contributed by atoms with E-state index in [4.69, 9.17) is 9.98 Å². The molecule has 1 N–H and O–H groups in total. The fourth-order valence-electron chi connectivity index (χ4n) is 5.89. The average molecular weight is 520 g/mol. The van der Waals surface area contributed by atoms with Crippen molar-refractivity contribution in [1.82, 2.24) is 20.1 Å². The van der Waals surface area contributed by atoms with E-state index < -0.39 is 0 Å². The zero-order valence-corrected chi connectivity index (χ0v) is 23.5. The predicted octanol–water partition coefficient (Wildman–Crippen LogP) is 6.41. The first-order valence-corrected chi connectivity index (χ1v) is 15.7. The largest absolute Gasteiger partial charge is 0.353 e. The van der Waals surface area contributed by atoms with Gasteiger partial charge in [-0.3, -0.25) is 4.90 Å². The Morgan fingerprint density at radius 2 is 1.62 bits per heavy atom. The zero-order valence-electron chi connectivity index (χ0n) is 22.7. The first kappa shape index (κ1) is 26.6. The number of rotatable bonds is 7. The number of aryl methyl sites for hydroxylation is 1. The molecule has 5 rings (SSSR count). The molecule has 3 fully saturated rings. The van der Waals surface area contributed by atoms with E-state index in [0.717, 1.165) is 38.5 Å². The lowest BCUT2D eigenvalue weighted by Gasteiger charge is -2.39. The maximum Gasteiger partial charge on any atom is 0.194 e.